The van der Waals surface area contributed by atoms with E-state index >= 15 is 0 Å². The second-order valence-corrected chi connectivity index (χ2v) is 7.53. The van der Waals surface area contributed by atoms with E-state index in [0.29, 0.717) is 24.2 Å². The van der Waals surface area contributed by atoms with Crippen molar-refractivity contribution in [1.29, 1.82) is 0 Å². The maximum Gasteiger partial charge on any atom is 0.182 e. The predicted octanol–water partition coefficient (Wildman–Crippen LogP) is 2.53. The van der Waals surface area contributed by atoms with Crippen LogP contribution in [0.1, 0.15) is 26.2 Å². The summed E-state index contributed by atoms with van der Waals surface area (Å²) in [6.07, 6.45) is 1.68. The van der Waals surface area contributed by atoms with Crippen LogP contribution in [0.15, 0.2) is 46.4 Å². The lowest BCUT2D eigenvalue weighted by molar-refractivity contribution is -0.114. The number of fused-ring (bicyclic) bond motifs is 1. The normalized spacial score (nSPS) is 26.9. The number of allylic oxidation sites excluding steroid dienone is 2. The summed E-state index contributed by atoms with van der Waals surface area (Å²) in [5.74, 6) is 0.0611. The molecule has 1 aromatic rings. The molecule has 0 aromatic heterocycles. The molecule has 100 valence electrons. The summed E-state index contributed by atoms with van der Waals surface area (Å²) < 4.78 is 25.4. The van der Waals surface area contributed by atoms with Gasteiger partial charge in [0, 0.05) is 12.3 Å². The Hall–Kier alpha value is -1.42. The predicted molar refractivity (Wildman–Crippen MR) is 72.5 cm³/mol. The molecule has 3 rings (SSSR count). The molecule has 19 heavy (non-hydrogen) atoms. The molecule has 1 saturated carbocycles. The molecule has 3 nitrogen and oxygen atoms in total. The molecule has 0 radical (unpaired) electrons. The van der Waals surface area contributed by atoms with Crippen molar-refractivity contribution in [2.75, 3.05) is 0 Å². The first-order chi connectivity index (χ1) is 9.01. The van der Waals surface area contributed by atoms with Gasteiger partial charge in [-0.2, -0.15) is 0 Å². The number of ketones is 1. The van der Waals surface area contributed by atoms with E-state index in [1.807, 2.05) is 13.0 Å². The molecular formula is C15H16O3S. The van der Waals surface area contributed by atoms with Crippen LogP contribution >= 0.6 is 0 Å². The van der Waals surface area contributed by atoms with Crippen LogP contribution in [0.3, 0.4) is 0 Å². The average molecular weight is 276 g/mol. The summed E-state index contributed by atoms with van der Waals surface area (Å²) in [6, 6.07) is 8.56. The van der Waals surface area contributed by atoms with Crippen LogP contribution in [0.2, 0.25) is 0 Å². The van der Waals surface area contributed by atoms with Gasteiger partial charge in [0.05, 0.1) is 10.1 Å². The molecule has 0 saturated heterocycles. The molecule has 1 aromatic carbocycles. The lowest BCUT2D eigenvalue weighted by atomic mass is 10.0. The van der Waals surface area contributed by atoms with Crippen molar-refractivity contribution in [3.05, 3.63) is 41.5 Å². The van der Waals surface area contributed by atoms with Gasteiger partial charge in [0.2, 0.25) is 0 Å². The maximum absolute atomic E-state index is 12.7. The Morgan fingerprint density at radius 3 is 2.53 bits per heavy atom. The van der Waals surface area contributed by atoms with E-state index in [1.165, 1.54) is 0 Å². The topological polar surface area (TPSA) is 51.2 Å². The van der Waals surface area contributed by atoms with Crippen LogP contribution in [0.25, 0.3) is 0 Å². The van der Waals surface area contributed by atoms with Gasteiger partial charge in [0.1, 0.15) is 0 Å². The Bertz CT molecular complexity index is 656. The van der Waals surface area contributed by atoms with E-state index in [-0.39, 0.29) is 11.7 Å². The van der Waals surface area contributed by atoms with Crippen molar-refractivity contribution >= 4 is 15.6 Å². The van der Waals surface area contributed by atoms with Crippen LogP contribution in [-0.4, -0.2) is 19.5 Å². The van der Waals surface area contributed by atoms with Crippen LogP contribution in [-0.2, 0) is 14.6 Å². The highest BCUT2D eigenvalue weighted by molar-refractivity contribution is 7.92. The first kappa shape index (κ1) is 12.6. The van der Waals surface area contributed by atoms with Gasteiger partial charge in [-0.05, 0) is 37.5 Å². The van der Waals surface area contributed by atoms with Gasteiger partial charge in [-0.25, -0.2) is 8.42 Å². The first-order valence-electron chi connectivity index (χ1n) is 6.53. The van der Waals surface area contributed by atoms with E-state index < -0.39 is 15.1 Å². The number of hydrogen-bond donors (Lipinski definition) is 0. The molecule has 2 atom stereocenters. The molecule has 4 heteroatoms. The minimum Gasteiger partial charge on any atom is -0.295 e. The number of benzene rings is 1. The first-order valence-corrected chi connectivity index (χ1v) is 8.08. The van der Waals surface area contributed by atoms with Crippen LogP contribution in [0.4, 0.5) is 0 Å². The zero-order valence-electron chi connectivity index (χ0n) is 10.8. The van der Waals surface area contributed by atoms with Crippen molar-refractivity contribution < 1.29 is 13.2 Å². The van der Waals surface area contributed by atoms with Crippen molar-refractivity contribution in [3.8, 4) is 0 Å². The smallest absolute Gasteiger partial charge is 0.182 e. The summed E-state index contributed by atoms with van der Waals surface area (Å²) in [5.41, 5.74) is 1.77. The second-order valence-electron chi connectivity index (χ2n) is 5.36. The van der Waals surface area contributed by atoms with Crippen molar-refractivity contribution in [2.24, 2.45) is 5.92 Å². The highest BCUT2D eigenvalue weighted by atomic mass is 32.2. The van der Waals surface area contributed by atoms with Crippen LogP contribution in [0, 0.1) is 5.92 Å². The Kier molecular flexibility index (Phi) is 2.86. The fourth-order valence-corrected chi connectivity index (χ4v) is 5.42. The van der Waals surface area contributed by atoms with E-state index in [0.717, 1.165) is 11.1 Å². The van der Waals surface area contributed by atoms with E-state index in [9.17, 15) is 13.2 Å². The molecule has 0 N–H and O–H groups in total. The zero-order valence-corrected chi connectivity index (χ0v) is 11.6. The lowest BCUT2D eigenvalue weighted by Gasteiger charge is -2.18. The average Bonchev–Trinajstić information content (AvgIpc) is 2.93. The highest BCUT2D eigenvalue weighted by Gasteiger charge is 2.46. The molecular weight excluding hydrogens is 260 g/mol. The van der Waals surface area contributed by atoms with Crippen molar-refractivity contribution in [3.63, 3.8) is 0 Å². The molecule has 0 aliphatic heterocycles. The van der Waals surface area contributed by atoms with E-state index in [2.05, 4.69) is 0 Å². The minimum atomic E-state index is -3.34. The summed E-state index contributed by atoms with van der Waals surface area (Å²) in [6.45, 7) is 1.89. The summed E-state index contributed by atoms with van der Waals surface area (Å²) in [7, 11) is -3.34. The Labute approximate surface area is 113 Å². The minimum absolute atomic E-state index is 0.0855. The molecule has 0 bridgehead atoms. The van der Waals surface area contributed by atoms with Crippen LogP contribution in [0.5, 0.6) is 0 Å². The standard InChI is InChI=1S/C15H16O3S/c1-10-9-14(12-7-8-13(16)15(10)12)19(17,18)11-5-3-2-4-6-11/h2-6,12,14H,7-9H2,1H3/t12-,14+/m0/s1. The fourth-order valence-electron chi connectivity index (χ4n) is 3.36. The summed E-state index contributed by atoms with van der Waals surface area (Å²) in [4.78, 5) is 12.2. The van der Waals surface area contributed by atoms with Crippen LogP contribution < -0.4 is 0 Å². The monoisotopic (exact) mass is 276 g/mol. The number of carbonyl (C=O) groups is 1. The highest BCUT2D eigenvalue weighted by Crippen LogP contribution is 2.45. The molecule has 0 spiro atoms. The molecule has 0 heterocycles. The Morgan fingerprint density at radius 1 is 1.16 bits per heavy atom. The van der Waals surface area contributed by atoms with Crippen molar-refractivity contribution in [2.45, 2.75) is 36.3 Å². The quantitative estimate of drug-likeness (QED) is 0.834. The number of Topliss-reactive ketones (excluding diaryl/α,β-unsaturated/α-hetero) is 1. The molecule has 2 aliphatic carbocycles. The number of carbonyl (C=O) groups excluding carboxylic acids is 1. The molecule has 0 unspecified atom stereocenters. The summed E-state index contributed by atoms with van der Waals surface area (Å²) in [5, 5.41) is -0.448. The van der Waals surface area contributed by atoms with Gasteiger partial charge in [-0.1, -0.05) is 23.8 Å². The third-order valence-electron chi connectivity index (χ3n) is 4.24. The van der Waals surface area contributed by atoms with Gasteiger partial charge in [0.25, 0.3) is 0 Å². The van der Waals surface area contributed by atoms with Gasteiger partial charge in [-0.3, -0.25) is 4.79 Å². The molecule has 1 fully saturated rings. The molecule has 0 amide bonds. The molecule has 2 aliphatic rings. The van der Waals surface area contributed by atoms with Crippen molar-refractivity contribution in [1.82, 2.24) is 0 Å². The summed E-state index contributed by atoms with van der Waals surface area (Å²) >= 11 is 0. The van der Waals surface area contributed by atoms with Gasteiger partial charge < -0.3 is 0 Å². The van der Waals surface area contributed by atoms with Gasteiger partial charge in [0.15, 0.2) is 15.6 Å². The number of sulfone groups is 1. The zero-order chi connectivity index (χ0) is 13.6. The largest absolute Gasteiger partial charge is 0.295 e. The third-order valence-corrected chi connectivity index (χ3v) is 6.46. The maximum atomic E-state index is 12.7. The third kappa shape index (κ3) is 1.86. The lowest BCUT2D eigenvalue weighted by Crippen LogP contribution is -2.26. The van der Waals surface area contributed by atoms with E-state index in [1.54, 1.807) is 24.3 Å². The van der Waals surface area contributed by atoms with Gasteiger partial charge >= 0.3 is 0 Å². The SMILES string of the molecule is CC1=C2C(=O)CC[C@H]2[C@H](S(=O)(=O)c2ccccc2)C1. The Balaban J connectivity index is 2.00. The Morgan fingerprint density at radius 2 is 1.84 bits per heavy atom. The number of hydrogen-bond acceptors (Lipinski definition) is 3. The fraction of sp³-hybridized carbons (Fsp3) is 0.400. The van der Waals surface area contributed by atoms with E-state index in [4.69, 9.17) is 0 Å². The second kappa shape index (κ2) is 4.30. The number of rotatable bonds is 2. The van der Waals surface area contributed by atoms with Gasteiger partial charge in [-0.15, -0.1) is 0 Å².